The van der Waals surface area contributed by atoms with Crippen LogP contribution in [0.2, 0.25) is 0 Å². The molecule has 0 fully saturated rings. The third kappa shape index (κ3) is 10.9. The van der Waals surface area contributed by atoms with E-state index < -0.39 is 41.8 Å². The summed E-state index contributed by atoms with van der Waals surface area (Å²) < 4.78 is 9.81. The molecule has 0 saturated carbocycles. The Bertz CT molecular complexity index is 459. The fraction of sp³-hybridized carbons (Fsp3) is 0.833. The molecule has 0 spiro atoms. The molecular weight excluding hydrogens is 340 g/mol. The highest BCUT2D eigenvalue weighted by Crippen LogP contribution is 2.11. The molecule has 8 heteroatoms. The van der Waals surface area contributed by atoms with Crippen molar-refractivity contribution in [2.75, 3.05) is 7.11 Å². The summed E-state index contributed by atoms with van der Waals surface area (Å²) in [5.41, 5.74) is -0.636. The van der Waals surface area contributed by atoms with E-state index in [0.717, 1.165) is 19.3 Å². The molecule has 1 unspecified atom stereocenters. The molecule has 0 heterocycles. The van der Waals surface area contributed by atoms with E-state index in [1.54, 1.807) is 20.8 Å². The SMILES string of the molecule is CCCCCC(CC(=O)N[C@H](C(=O)OC)[C@@H](C)O)NC(=O)OC(C)(C)C. The van der Waals surface area contributed by atoms with Gasteiger partial charge in [0.05, 0.1) is 13.2 Å². The highest BCUT2D eigenvalue weighted by atomic mass is 16.6. The molecule has 0 bridgehead atoms. The van der Waals surface area contributed by atoms with Gasteiger partial charge in [-0.15, -0.1) is 0 Å². The van der Waals surface area contributed by atoms with Crippen molar-refractivity contribution < 1.29 is 29.0 Å². The van der Waals surface area contributed by atoms with Crippen molar-refractivity contribution in [3.63, 3.8) is 0 Å². The summed E-state index contributed by atoms with van der Waals surface area (Å²) >= 11 is 0. The number of carbonyl (C=O) groups excluding carboxylic acids is 3. The van der Waals surface area contributed by atoms with E-state index in [4.69, 9.17) is 4.74 Å². The van der Waals surface area contributed by atoms with Gasteiger partial charge in [-0.1, -0.05) is 26.2 Å². The fourth-order valence-electron chi connectivity index (χ4n) is 2.30. The molecular formula is C18H34N2O6. The molecule has 152 valence electrons. The summed E-state index contributed by atoms with van der Waals surface area (Å²) in [4.78, 5) is 35.9. The number of unbranched alkanes of at least 4 members (excludes halogenated alkanes) is 2. The van der Waals surface area contributed by atoms with Gasteiger partial charge in [-0.25, -0.2) is 9.59 Å². The smallest absolute Gasteiger partial charge is 0.407 e. The highest BCUT2D eigenvalue weighted by molar-refractivity contribution is 5.85. The topological polar surface area (TPSA) is 114 Å². The normalized spacial score (nSPS) is 14.7. The number of aliphatic hydroxyl groups excluding tert-OH is 1. The van der Waals surface area contributed by atoms with Crippen LogP contribution in [-0.4, -0.2) is 54.0 Å². The van der Waals surface area contributed by atoms with E-state index in [1.165, 1.54) is 14.0 Å². The molecule has 0 aliphatic rings. The van der Waals surface area contributed by atoms with Crippen LogP contribution in [0.3, 0.4) is 0 Å². The molecule has 0 rings (SSSR count). The lowest BCUT2D eigenvalue weighted by Crippen LogP contribution is -2.50. The molecule has 0 aromatic rings. The van der Waals surface area contributed by atoms with E-state index in [-0.39, 0.29) is 6.42 Å². The third-order valence-corrected chi connectivity index (χ3v) is 3.56. The standard InChI is InChI=1S/C18H34N2O6/c1-7-8-9-10-13(19-17(24)26-18(3,4)5)11-14(22)20-15(12(2)21)16(23)25-6/h12-13,15,21H,7-11H2,1-6H3,(H,19,24)(H,20,22)/t12-,13?,15+/m1/s1. The van der Waals surface area contributed by atoms with Gasteiger partial charge in [-0.3, -0.25) is 4.79 Å². The van der Waals surface area contributed by atoms with Gasteiger partial charge >= 0.3 is 12.1 Å². The van der Waals surface area contributed by atoms with Gasteiger partial charge in [-0.05, 0) is 34.1 Å². The quantitative estimate of drug-likeness (QED) is 0.397. The van der Waals surface area contributed by atoms with Crippen LogP contribution >= 0.6 is 0 Å². The van der Waals surface area contributed by atoms with E-state index in [2.05, 4.69) is 22.3 Å². The van der Waals surface area contributed by atoms with Gasteiger partial charge in [0.2, 0.25) is 5.91 Å². The van der Waals surface area contributed by atoms with Crippen LogP contribution in [0.1, 0.15) is 66.7 Å². The number of aliphatic hydroxyl groups is 1. The van der Waals surface area contributed by atoms with Crippen LogP contribution in [0.5, 0.6) is 0 Å². The molecule has 0 radical (unpaired) electrons. The number of methoxy groups -OCH3 is 1. The second kappa shape index (κ2) is 11.7. The first kappa shape index (κ1) is 24.2. The Labute approximate surface area is 156 Å². The first-order valence-corrected chi connectivity index (χ1v) is 9.05. The Morgan fingerprint density at radius 2 is 1.73 bits per heavy atom. The molecule has 3 atom stereocenters. The maximum atomic E-state index is 12.3. The van der Waals surface area contributed by atoms with Crippen LogP contribution in [0.15, 0.2) is 0 Å². The number of rotatable bonds is 10. The predicted molar refractivity (Wildman–Crippen MR) is 97.5 cm³/mol. The Hall–Kier alpha value is -1.83. The molecule has 0 aromatic carbocycles. The summed E-state index contributed by atoms with van der Waals surface area (Å²) in [6, 6.07) is -1.57. The Kier molecular flexibility index (Phi) is 10.9. The van der Waals surface area contributed by atoms with E-state index in [9.17, 15) is 19.5 Å². The molecule has 0 aliphatic heterocycles. The zero-order valence-corrected chi connectivity index (χ0v) is 16.8. The van der Waals surface area contributed by atoms with E-state index in [0.29, 0.717) is 6.42 Å². The lowest BCUT2D eigenvalue weighted by Gasteiger charge is -2.24. The lowest BCUT2D eigenvalue weighted by atomic mass is 10.0. The van der Waals surface area contributed by atoms with Gasteiger partial charge in [0, 0.05) is 12.5 Å². The minimum Gasteiger partial charge on any atom is -0.467 e. The number of alkyl carbamates (subject to hydrolysis) is 1. The maximum absolute atomic E-state index is 12.3. The summed E-state index contributed by atoms with van der Waals surface area (Å²) in [6.07, 6.45) is 1.74. The molecule has 0 aliphatic carbocycles. The maximum Gasteiger partial charge on any atom is 0.407 e. The number of carbonyl (C=O) groups is 3. The third-order valence-electron chi connectivity index (χ3n) is 3.56. The van der Waals surface area contributed by atoms with Crippen LogP contribution in [0, 0.1) is 0 Å². The first-order chi connectivity index (χ1) is 12.0. The summed E-state index contributed by atoms with van der Waals surface area (Å²) in [6.45, 7) is 8.73. The Morgan fingerprint density at radius 1 is 1.12 bits per heavy atom. The lowest BCUT2D eigenvalue weighted by molar-refractivity contribution is -0.148. The van der Waals surface area contributed by atoms with Gasteiger partial charge < -0.3 is 25.2 Å². The van der Waals surface area contributed by atoms with Crippen molar-refractivity contribution in [3.8, 4) is 0 Å². The number of amides is 2. The van der Waals surface area contributed by atoms with Gasteiger partial charge in [-0.2, -0.15) is 0 Å². The van der Waals surface area contributed by atoms with Crippen molar-refractivity contribution in [2.45, 2.75) is 90.5 Å². The number of hydrogen-bond donors (Lipinski definition) is 3. The number of esters is 1. The van der Waals surface area contributed by atoms with Crippen LogP contribution in [-0.2, 0) is 19.1 Å². The second-order valence-corrected chi connectivity index (χ2v) is 7.35. The van der Waals surface area contributed by atoms with Crippen LogP contribution in [0.25, 0.3) is 0 Å². The average molecular weight is 374 g/mol. The van der Waals surface area contributed by atoms with Gasteiger partial charge in [0.25, 0.3) is 0 Å². The van der Waals surface area contributed by atoms with Crippen molar-refractivity contribution in [1.82, 2.24) is 10.6 Å². The molecule has 0 aromatic heterocycles. The number of nitrogens with one attached hydrogen (secondary N) is 2. The predicted octanol–water partition coefficient (Wildman–Crippen LogP) is 1.89. The summed E-state index contributed by atoms with van der Waals surface area (Å²) in [7, 11) is 1.18. The van der Waals surface area contributed by atoms with Gasteiger partial charge in [0.1, 0.15) is 5.60 Å². The van der Waals surface area contributed by atoms with Crippen LogP contribution < -0.4 is 10.6 Å². The Morgan fingerprint density at radius 3 is 2.19 bits per heavy atom. The molecule has 3 N–H and O–H groups in total. The summed E-state index contributed by atoms with van der Waals surface area (Å²) in [5.74, 6) is -1.19. The van der Waals surface area contributed by atoms with Crippen LogP contribution in [0.4, 0.5) is 4.79 Å². The average Bonchev–Trinajstić information content (AvgIpc) is 2.49. The van der Waals surface area contributed by atoms with Gasteiger partial charge in [0.15, 0.2) is 6.04 Å². The minimum absolute atomic E-state index is 0.0246. The first-order valence-electron chi connectivity index (χ1n) is 9.05. The van der Waals surface area contributed by atoms with Crippen molar-refractivity contribution >= 4 is 18.0 Å². The molecule has 0 saturated heterocycles. The monoisotopic (exact) mass is 374 g/mol. The van der Waals surface area contributed by atoms with Crippen molar-refractivity contribution in [2.24, 2.45) is 0 Å². The molecule has 8 nitrogen and oxygen atoms in total. The molecule has 26 heavy (non-hydrogen) atoms. The van der Waals surface area contributed by atoms with E-state index in [1.807, 2.05) is 0 Å². The second-order valence-electron chi connectivity index (χ2n) is 7.35. The fourth-order valence-corrected chi connectivity index (χ4v) is 2.30. The molecule has 2 amide bonds. The summed E-state index contributed by atoms with van der Waals surface area (Å²) in [5, 5.41) is 14.8. The zero-order chi connectivity index (χ0) is 20.3. The van der Waals surface area contributed by atoms with E-state index >= 15 is 0 Å². The number of ether oxygens (including phenoxy) is 2. The minimum atomic E-state index is -1.15. The van der Waals surface area contributed by atoms with Crippen molar-refractivity contribution in [1.29, 1.82) is 0 Å². The highest BCUT2D eigenvalue weighted by Gasteiger charge is 2.28. The zero-order valence-electron chi connectivity index (χ0n) is 16.8. The number of hydrogen-bond acceptors (Lipinski definition) is 6. The largest absolute Gasteiger partial charge is 0.467 e. The Balaban J connectivity index is 4.84. The van der Waals surface area contributed by atoms with Crippen molar-refractivity contribution in [3.05, 3.63) is 0 Å².